The van der Waals surface area contributed by atoms with Gasteiger partial charge in [-0.3, -0.25) is 4.99 Å². The third-order valence-electron chi connectivity index (χ3n) is 5.22. The average Bonchev–Trinajstić information content (AvgIpc) is 3.21. The summed E-state index contributed by atoms with van der Waals surface area (Å²) in [4.78, 5) is 8.53. The van der Waals surface area contributed by atoms with Crippen LogP contribution in [0.15, 0.2) is 52.9 Å². The van der Waals surface area contributed by atoms with Gasteiger partial charge in [0.2, 0.25) is 5.82 Å². The minimum absolute atomic E-state index is 0.0863. The fraction of sp³-hybridized carbons (Fsp3) is 0.304. The van der Waals surface area contributed by atoms with E-state index in [4.69, 9.17) is 16.2 Å². The van der Waals surface area contributed by atoms with Gasteiger partial charge in [-0.05, 0) is 38.1 Å². The number of benzene rings is 1. The summed E-state index contributed by atoms with van der Waals surface area (Å²) in [5, 5.41) is 3.05. The molecule has 0 aliphatic heterocycles. The minimum Gasteiger partial charge on any atom is -0.489 e. The second-order valence-corrected chi connectivity index (χ2v) is 7.15. The van der Waals surface area contributed by atoms with Crippen LogP contribution in [-0.4, -0.2) is 35.4 Å². The van der Waals surface area contributed by atoms with Crippen molar-refractivity contribution in [2.24, 2.45) is 16.5 Å². The Morgan fingerprint density at radius 2 is 2.03 bits per heavy atom. The fourth-order valence-electron chi connectivity index (χ4n) is 3.42. The van der Waals surface area contributed by atoms with Gasteiger partial charge in [-0.1, -0.05) is 0 Å². The molecule has 5 N–H and O–H groups in total. The number of halogens is 2. The first-order chi connectivity index (χ1) is 15.4. The quantitative estimate of drug-likeness (QED) is 0.348. The number of hydrogen-bond donors (Lipinski definition) is 3. The number of allylic oxidation sites excluding steroid dienone is 1. The van der Waals surface area contributed by atoms with Crippen LogP contribution in [0.5, 0.6) is 5.75 Å². The molecule has 7 nitrogen and oxygen atoms in total. The lowest BCUT2D eigenvalue weighted by molar-refractivity contribution is 0.301. The van der Waals surface area contributed by atoms with E-state index in [0.29, 0.717) is 42.1 Å². The molecule has 0 atom stereocenters. The monoisotopic (exact) mass is 442 g/mol. The number of imidazole rings is 1. The molecule has 0 amide bonds. The van der Waals surface area contributed by atoms with Crippen LogP contribution in [0.25, 0.3) is 16.8 Å². The van der Waals surface area contributed by atoms with E-state index < -0.39 is 11.6 Å². The first kappa shape index (κ1) is 23.2. The van der Waals surface area contributed by atoms with Crippen molar-refractivity contribution in [3.8, 4) is 16.9 Å². The molecular formula is C23H28F2N6O. The Morgan fingerprint density at radius 1 is 1.25 bits per heavy atom. The Morgan fingerprint density at radius 3 is 2.72 bits per heavy atom. The maximum Gasteiger partial charge on any atom is 0.201 e. The van der Waals surface area contributed by atoms with E-state index in [-0.39, 0.29) is 12.4 Å². The number of ether oxygens (including phenoxy) is 1. The van der Waals surface area contributed by atoms with Crippen LogP contribution >= 0.6 is 0 Å². The topological polar surface area (TPSA) is 103 Å². The lowest BCUT2D eigenvalue weighted by atomic mass is 10.1. The smallest absolute Gasteiger partial charge is 0.201 e. The van der Waals surface area contributed by atoms with Gasteiger partial charge in [0.15, 0.2) is 11.6 Å². The summed E-state index contributed by atoms with van der Waals surface area (Å²) < 4.78 is 36.4. The van der Waals surface area contributed by atoms with Gasteiger partial charge in [0.05, 0.1) is 18.5 Å². The van der Waals surface area contributed by atoms with Gasteiger partial charge in [0, 0.05) is 55.2 Å². The summed E-state index contributed by atoms with van der Waals surface area (Å²) in [6, 6.07) is 6.15. The number of fused-ring (bicyclic) bond motifs is 1. The van der Waals surface area contributed by atoms with Gasteiger partial charge >= 0.3 is 0 Å². The van der Waals surface area contributed by atoms with E-state index in [1.807, 2.05) is 18.2 Å². The van der Waals surface area contributed by atoms with Crippen LogP contribution in [0, 0.1) is 11.6 Å². The second kappa shape index (κ2) is 10.2. The molecule has 2 heterocycles. The SMILES string of the molecule is CCN=C(N)/C(CCOc1c(-c2ccc3ncc(CN)n3c2)ccc(F)c1F)=C(/C)NC. The zero-order valence-electron chi connectivity index (χ0n) is 18.5. The van der Waals surface area contributed by atoms with Gasteiger partial charge < -0.3 is 25.9 Å². The highest BCUT2D eigenvalue weighted by Crippen LogP contribution is 2.34. The van der Waals surface area contributed by atoms with Crippen molar-refractivity contribution in [2.75, 3.05) is 20.2 Å². The third kappa shape index (κ3) is 4.72. The Kier molecular flexibility index (Phi) is 7.42. The molecule has 0 aliphatic carbocycles. The molecule has 0 aliphatic rings. The number of nitrogens with two attached hydrogens (primary N) is 2. The molecular weight excluding hydrogens is 414 g/mol. The number of pyridine rings is 1. The number of rotatable bonds is 9. The standard InChI is InChI=1S/C23H28F2N6O/c1-4-29-23(27)17(14(2)28-3)9-10-32-22-18(6-7-19(24)21(22)25)15-5-8-20-30-12-16(11-26)31(20)13-15/h5-8,12-13,28H,4,9-11,26H2,1-3H3,(H2,27,29)/b17-14-. The van der Waals surface area contributed by atoms with E-state index in [0.717, 1.165) is 23.0 Å². The number of amidine groups is 1. The van der Waals surface area contributed by atoms with Crippen molar-refractivity contribution in [2.45, 2.75) is 26.8 Å². The molecule has 0 bridgehead atoms. The van der Waals surface area contributed by atoms with Crippen LogP contribution in [-0.2, 0) is 6.54 Å². The van der Waals surface area contributed by atoms with Crippen molar-refractivity contribution in [1.29, 1.82) is 0 Å². The lowest BCUT2D eigenvalue weighted by Crippen LogP contribution is -2.22. The summed E-state index contributed by atoms with van der Waals surface area (Å²) in [5.74, 6) is -1.79. The first-order valence-corrected chi connectivity index (χ1v) is 10.4. The zero-order chi connectivity index (χ0) is 23.3. The van der Waals surface area contributed by atoms with E-state index >= 15 is 0 Å². The largest absolute Gasteiger partial charge is 0.489 e. The lowest BCUT2D eigenvalue weighted by Gasteiger charge is -2.16. The normalized spacial score (nSPS) is 12.8. The molecule has 2 aromatic heterocycles. The predicted molar refractivity (Wildman–Crippen MR) is 122 cm³/mol. The second-order valence-electron chi connectivity index (χ2n) is 7.15. The molecule has 32 heavy (non-hydrogen) atoms. The molecule has 0 saturated heterocycles. The molecule has 3 aromatic rings. The van der Waals surface area contributed by atoms with Crippen LogP contribution in [0.1, 0.15) is 26.0 Å². The van der Waals surface area contributed by atoms with Gasteiger partial charge in [0.1, 0.15) is 11.5 Å². The van der Waals surface area contributed by atoms with E-state index in [1.165, 1.54) is 6.07 Å². The first-order valence-electron chi connectivity index (χ1n) is 10.4. The van der Waals surface area contributed by atoms with Crippen molar-refractivity contribution in [1.82, 2.24) is 14.7 Å². The number of nitrogens with one attached hydrogen (secondary N) is 1. The molecule has 9 heteroatoms. The molecule has 0 fully saturated rings. The molecule has 0 unspecified atom stereocenters. The number of aliphatic imine (C=N–C) groups is 1. The molecule has 0 saturated carbocycles. The highest BCUT2D eigenvalue weighted by Gasteiger charge is 2.18. The summed E-state index contributed by atoms with van der Waals surface area (Å²) in [7, 11) is 1.78. The van der Waals surface area contributed by atoms with Crippen LogP contribution in [0.2, 0.25) is 0 Å². The van der Waals surface area contributed by atoms with Crippen molar-refractivity contribution >= 4 is 11.5 Å². The van der Waals surface area contributed by atoms with Crippen LogP contribution in [0.3, 0.4) is 0 Å². The van der Waals surface area contributed by atoms with Gasteiger partial charge in [-0.15, -0.1) is 0 Å². The molecule has 1 aromatic carbocycles. The van der Waals surface area contributed by atoms with Crippen LogP contribution < -0.4 is 21.5 Å². The maximum absolute atomic E-state index is 14.8. The number of nitrogens with zero attached hydrogens (tertiary/aromatic N) is 3. The number of aromatic nitrogens is 2. The molecule has 0 radical (unpaired) electrons. The molecule has 3 rings (SSSR count). The van der Waals surface area contributed by atoms with E-state index in [1.54, 1.807) is 31.6 Å². The Hall–Kier alpha value is -3.46. The fourth-order valence-corrected chi connectivity index (χ4v) is 3.42. The zero-order valence-corrected chi connectivity index (χ0v) is 18.5. The van der Waals surface area contributed by atoms with Crippen LogP contribution in [0.4, 0.5) is 8.78 Å². The van der Waals surface area contributed by atoms with Gasteiger partial charge in [-0.25, -0.2) is 9.37 Å². The molecule has 170 valence electrons. The number of hydrogen-bond acceptors (Lipinski definition) is 5. The van der Waals surface area contributed by atoms with E-state index in [9.17, 15) is 8.78 Å². The highest BCUT2D eigenvalue weighted by atomic mass is 19.2. The van der Waals surface area contributed by atoms with Gasteiger partial charge in [0.25, 0.3) is 0 Å². The van der Waals surface area contributed by atoms with Gasteiger partial charge in [-0.2, -0.15) is 4.39 Å². The Balaban J connectivity index is 1.94. The third-order valence-corrected chi connectivity index (χ3v) is 5.22. The summed E-state index contributed by atoms with van der Waals surface area (Å²) >= 11 is 0. The summed E-state index contributed by atoms with van der Waals surface area (Å²) in [5.41, 5.74) is 16.0. The summed E-state index contributed by atoms with van der Waals surface area (Å²) in [6.45, 7) is 4.68. The molecule has 0 spiro atoms. The van der Waals surface area contributed by atoms with Crippen molar-refractivity contribution in [3.05, 3.63) is 65.3 Å². The Bertz CT molecular complexity index is 1170. The van der Waals surface area contributed by atoms with E-state index in [2.05, 4.69) is 15.3 Å². The minimum atomic E-state index is -1.04. The Labute approximate surface area is 185 Å². The highest BCUT2D eigenvalue weighted by molar-refractivity contribution is 5.97. The summed E-state index contributed by atoms with van der Waals surface area (Å²) in [6.07, 6.45) is 3.84. The van der Waals surface area contributed by atoms with Crippen molar-refractivity contribution < 1.29 is 13.5 Å². The predicted octanol–water partition coefficient (Wildman–Crippen LogP) is 3.38. The van der Waals surface area contributed by atoms with Crippen molar-refractivity contribution in [3.63, 3.8) is 0 Å². The maximum atomic E-state index is 14.8. The average molecular weight is 443 g/mol.